The summed E-state index contributed by atoms with van der Waals surface area (Å²) in [7, 11) is 4.21. The number of carbonyl (C=O) groups is 1. The van der Waals surface area contributed by atoms with Crippen LogP contribution in [0, 0.1) is 0 Å². The van der Waals surface area contributed by atoms with Crippen LogP contribution in [0.4, 0.5) is 0 Å². The molecule has 0 saturated carbocycles. The Balaban J connectivity index is 1.80. The van der Waals surface area contributed by atoms with Crippen LogP contribution in [0.3, 0.4) is 0 Å². The van der Waals surface area contributed by atoms with Crippen molar-refractivity contribution in [3.05, 3.63) is 35.9 Å². The van der Waals surface area contributed by atoms with Crippen LogP contribution in [0.2, 0.25) is 0 Å². The first-order chi connectivity index (χ1) is 12.0. The first-order valence-corrected chi connectivity index (χ1v) is 9.40. The zero-order valence-corrected chi connectivity index (χ0v) is 15.7. The Morgan fingerprint density at radius 3 is 2.48 bits per heavy atom. The Kier molecular flexibility index (Phi) is 5.77. The van der Waals surface area contributed by atoms with Gasteiger partial charge in [-0.15, -0.1) is 0 Å². The van der Waals surface area contributed by atoms with Crippen LogP contribution >= 0.6 is 0 Å². The van der Waals surface area contributed by atoms with Crippen molar-refractivity contribution in [3.63, 3.8) is 0 Å². The molecular weight excluding hydrogens is 314 g/mol. The average molecular weight is 345 g/mol. The van der Waals surface area contributed by atoms with E-state index in [0.29, 0.717) is 6.61 Å². The van der Waals surface area contributed by atoms with Crippen LogP contribution in [-0.2, 0) is 14.9 Å². The van der Waals surface area contributed by atoms with Crippen molar-refractivity contribution in [2.75, 3.05) is 46.9 Å². The van der Waals surface area contributed by atoms with Crippen molar-refractivity contribution in [2.45, 2.75) is 37.3 Å². The summed E-state index contributed by atoms with van der Waals surface area (Å²) in [5.41, 5.74) is 0.714. The topological polar surface area (TPSA) is 44.8 Å². The van der Waals surface area contributed by atoms with E-state index in [1.807, 2.05) is 25.1 Å². The highest BCUT2D eigenvalue weighted by atomic mass is 16.5. The minimum atomic E-state index is -0.425. The Bertz CT molecular complexity index is 570. The minimum absolute atomic E-state index is 0.0673. The van der Waals surface area contributed by atoms with Crippen molar-refractivity contribution in [1.82, 2.24) is 15.1 Å². The van der Waals surface area contributed by atoms with Gasteiger partial charge in [0.15, 0.2) is 0 Å². The minimum Gasteiger partial charge on any atom is -0.375 e. The predicted molar refractivity (Wildman–Crippen MR) is 99.7 cm³/mol. The molecule has 138 valence electrons. The third kappa shape index (κ3) is 3.89. The van der Waals surface area contributed by atoms with Crippen LogP contribution in [0.5, 0.6) is 0 Å². The van der Waals surface area contributed by atoms with Crippen molar-refractivity contribution in [3.8, 4) is 0 Å². The van der Waals surface area contributed by atoms with Gasteiger partial charge in [-0.25, -0.2) is 0 Å². The number of benzene rings is 1. The lowest BCUT2D eigenvalue weighted by Crippen LogP contribution is -2.55. The summed E-state index contributed by atoms with van der Waals surface area (Å²) < 4.78 is 5.87. The van der Waals surface area contributed by atoms with Gasteiger partial charge < -0.3 is 19.9 Å². The molecule has 0 spiro atoms. The average Bonchev–Trinajstić information content (AvgIpc) is 2.96. The van der Waals surface area contributed by atoms with Gasteiger partial charge in [0, 0.05) is 19.7 Å². The number of carbonyl (C=O) groups excluding carboxylic acids is 1. The van der Waals surface area contributed by atoms with Gasteiger partial charge >= 0.3 is 0 Å². The van der Waals surface area contributed by atoms with Gasteiger partial charge in [-0.3, -0.25) is 4.79 Å². The van der Waals surface area contributed by atoms with E-state index in [-0.39, 0.29) is 18.1 Å². The second-order valence-electron chi connectivity index (χ2n) is 7.55. The van der Waals surface area contributed by atoms with Crippen LogP contribution in [-0.4, -0.2) is 74.7 Å². The third-order valence-electron chi connectivity index (χ3n) is 5.75. The molecule has 3 rings (SSSR count). The van der Waals surface area contributed by atoms with E-state index in [4.69, 9.17) is 4.74 Å². The van der Waals surface area contributed by atoms with E-state index >= 15 is 0 Å². The van der Waals surface area contributed by atoms with Gasteiger partial charge in [0.05, 0.1) is 17.6 Å². The van der Waals surface area contributed by atoms with Gasteiger partial charge in [0.2, 0.25) is 5.91 Å². The van der Waals surface area contributed by atoms with Gasteiger partial charge in [-0.05, 0) is 52.5 Å². The fourth-order valence-electron chi connectivity index (χ4n) is 4.19. The van der Waals surface area contributed by atoms with E-state index in [1.165, 1.54) is 0 Å². The van der Waals surface area contributed by atoms with Crippen LogP contribution in [0.15, 0.2) is 30.3 Å². The number of ether oxygens (including phenoxy) is 1. The molecule has 1 amide bonds. The van der Waals surface area contributed by atoms with E-state index < -0.39 is 5.41 Å². The summed E-state index contributed by atoms with van der Waals surface area (Å²) in [5.74, 6) is 0.164. The molecule has 1 aromatic rings. The van der Waals surface area contributed by atoms with E-state index in [0.717, 1.165) is 44.6 Å². The standard InChI is InChI=1S/C20H31N3O2/c1-4-25-18-15-23(3)14-17(18)21-19(24)20(10-12-22(2)13-11-20)16-8-6-5-7-9-16/h5-9,17-18H,4,10-15H2,1-3H3,(H,21,24)/t17-,18-/m0/s1. The zero-order chi connectivity index (χ0) is 17.9. The number of hydrogen-bond acceptors (Lipinski definition) is 4. The quantitative estimate of drug-likeness (QED) is 0.878. The molecular formula is C20H31N3O2. The van der Waals surface area contributed by atoms with Crippen molar-refractivity contribution in [2.24, 2.45) is 0 Å². The number of nitrogens with zero attached hydrogens (tertiary/aromatic N) is 2. The smallest absolute Gasteiger partial charge is 0.231 e. The molecule has 0 unspecified atom stereocenters. The number of likely N-dealkylation sites (tertiary alicyclic amines) is 2. The lowest BCUT2D eigenvalue weighted by Gasteiger charge is -2.40. The molecule has 1 N–H and O–H groups in total. The van der Waals surface area contributed by atoms with Gasteiger partial charge in [-0.1, -0.05) is 30.3 Å². The highest BCUT2D eigenvalue weighted by molar-refractivity contribution is 5.88. The van der Waals surface area contributed by atoms with Crippen LogP contribution in [0.1, 0.15) is 25.3 Å². The summed E-state index contributed by atoms with van der Waals surface area (Å²) in [5, 5.41) is 3.34. The third-order valence-corrected chi connectivity index (χ3v) is 5.75. The van der Waals surface area contributed by atoms with Crippen LogP contribution < -0.4 is 5.32 Å². The summed E-state index contributed by atoms with van der Waals surface area (Å²) >= 11 is 0. The molecule has 5 nitrogen and oxygen atoms in total. The van der Waals surface area contributed by atoms with E-state index in [9.17, 15) is 4.79 Å². The maximum absolute atomic E-state index is 13.4. The largest absolute Gasteiger partial charge is 0.375 e. The van der Waals surface area contributed by atoms with Gasteiger partial charge in [0.25, 0.3) is 0 Å². The Hall–Kier alpha value is -1.43. The molecule has 2 heterocycles. The maximum atomic E-state index is 13.4. The van der Waals surface area contributed by atoms with Gasteiger partial charge in [-0.2, -0.15) is 0 Å². The summed E-state index contributed by atoms with van der Waals surface area (Å²) in [6.07, 6.45) is 1.81. The molecule has 2 atom stereocenters. The fraction of sp³-hybridized carbons (Fsp3) is 0.650. The molecule has 5 heteroatoms. The molecule has 0 bridgehead atoms. The van der Waals surface area contributed by atoms with Crippen molar-refractivity contribution < 1.29 is 9.53 Å². The molecule has 0 radical (unpaired) electrons. The number of likely N-dealkylation sites (N-methyl/N-ethyl adjacent to an activating group) is 1. The highest BCUT2D eigenvalue weighted by Gasteiger charge is 2.44. The SMILES string of the molecule is CCO[C@H]1CN(C)C[C@@H]1NC(=O)C1(c2ccccc2)CCN(C)CC1. The van der Waals surface area contributed by atoms with Crippen molar-refractivity contribution >= 4 is 5.91 Å². The second-order valence-corrected chi connectivity index (χ2v) is 7.55. The Morgan fingerprint density at radius 2 is 1.84 bits per heavy atom. The lowest BCUT2D eigenvalue weighted by molar-refractivity contribution is -0.130. The molecule has 25 heavy (non-hydrogen) atoms. The molecule has 0 aromatic heterocycles. The Morgan fingerprint density at radius 1 is 1.16 bits per heavy atom. The summed E-state index contributed by atoms with van der Waals surface area (Å²) in [6, 6.07) is 10.4. The zero-order valence-electron chi connectivity index (χ0n) is 15.7. The predicted octanol–water partition coefficient (Wildman–Crippen LogP) is 1.49. The first kappa shape index (κ1) is 18.4. The summed E-state index contributed by atoms with van der Waals surface area (Å²) in [4.78, 5) is 18.0. The van der Waals surface area contributed by atoms with Crippen LogP contribution in [0.25, 0.3) is 0 Å². The van der Waals surface area contributed by atoms with E-state index in [1.54, 1.807) is 0 Å². The molecule has 2 aliphatic rings. The Labute approximate surface area is 151 Å². The molecule has 0 aliphatic carbocycles. The molecule has 2 fully saturated rings. The van der Waals surface area contributed by atoms with Gasteiger partial charge in [0.1, 0.15) is 0 Å². The molecule has 2 aliphatic heterocycles. The number of nitrogens with one attached hydrogen (secondary N) is 1. The van der Waals surface area contributed by atoms with Crippen molar-refractivity contribution in [1.29, 1.82) is 0 Å². The van der Waals surface area contributed by atoms with E-state index in [2.05, 4.69) is 41.3 Å². The first-order valence-electron chi connectivity index (χ1n) is 9.40. The second kappa shape index (κ2) is 7.85. The number of hydrogen-bond donors (Lipinski definition) is 1. The number of rotatable bonds is 5. The maximum Gasteiger partial charge on any atom is 0.231 e. The lowest BCUT2D eigenvalue weighted by atomic mass is 9.72. The summed E-state index contributed by atoms with van der Waals surface area (Å²) in [6.45, 7) is 6.31. The number of amides is 1. The molecule has 2 saturated heterocycles. The molecule has 1 aromatic carbocycles. The highest BCUT2D eigenvalue weighted by Crippen LogP contribution is 2.36. The monoisotopic (exact) mass is 345 g/mol. The number of piperidine rings is 1. The normalized spacial score (nSPS) is 27.3. The fourth-order valence-corrected chi connectivity index (χ4v) is 4.19.